The standard InChI is InChI=1S/C14H22N4OS/c1-5-8-15-10(2)13-16-17-14(19-13)18(4)11(3)12-7-6-9-20-12/h6-7,9-11,15H,5,8H2,1-4H3. The number of aromatic nitrogens is 2. The van der Waals surface area contributed by atoms with Crippen molar-refractivity contribution in [3.63, 3.8) is 0 Å². The molecule has 2 aromatic rings. The highest BCUT2D eigenvalue weighted by Gasteiger charge is 2.20. The van der Waals surface area contributed by atoms with E-state index >= 15 is 0 Å². The van der Waals surface area contributed by atoms with Gasteiger partial charge in [-0.05, 0) is 38.3 Å². The minimum Gasteiger partial charge on any atom is -0.406 e. The van der Waals surface area contributed by atoms with E-state index in [1.165, 1.54) is 4.88 Å². The predicted molar refractivity (Wildman–Crippen MR) is 82.1 cm³/mol. The van der Waals surface area contributed by atoms with Gasteiger partial charge in [0.25, 0.3) is 0 Å². The van der Waals surface area contributed by atoms with Crippen LogP contribution in [0.1, 0.15) is 50.0 Å². The van der Waals surface area contributed by atoms with Crippen LogP contribution in [0.5, 0.6) is 0 Å². The number of anilines is 1. The molecular weight excluding hydrogens is 272 g/mol. The van der Waals surface area contributed by atoms with Crippen molar-refractivity contribution in [2.24, 2.45) is 0 Å². The van der Waals surface area contributed by atoms with E-state index in [2.05, 4.69) is 46.9 Å². The van der Waals surface area contributed by atoms with Gasteiger partial charge in [-0.2, -0.15) is 0 Å². The number of hydrogen-bond acceptors (Lipinski definition) is 6. The molecule has 2 heterocycles. The number of nitrogens with zero attached hydrogens (tertiary/aromatic N) is 3. The Morgan fingerprint density at radius 3 is 2.85 bits per heavy atom. The van der Waals surface area contributed by atoms with Gasteiger partial charge in [-0.1, -0.05) is 18.1 Å². The van der Waals surface area contributed by atoms with Crippen LogP contribution in [0.4, 0.5) is 6.01 Å². The summed E-state index contributed by atoms with van der Waals surface area (Å²) >= 11 is 1.73. The van der Waals surface area contributed by atoms with E-state index in [-0.39, 0.29) is 12.1 Å². The first-order chi connectivity index (χ1) is 9.63. The lowest BCUT2D eigenvalue weighted by atomic mass is 10.2. The molecule has 1 N–H and O–H groups in total. The molecule has 0 bridgehead atoms. The van der Waals surface area contributed by atoms with Crippen LogP contribution < -0.4 is 10.2 Å². The minimum absolute atomic E-state index is 0.0849. The fourth-order valence-corrected chi connectivity index (χ4v) is 2.70. The number of nitrogens with one attached hydrogen (secondary N) is 1. The van der Waals surface area contributed by atoms with Crippen LogP contribution in [0.2, 0.25) is 0 Å². The van der Waals surface area contributed by atoms with Crippen molar-refractivity contribution < 1.29 is 4.42 Å². The van der Waals surface area contributed by atoms with Crippen molar-refractivity contribution in [3.05, 3.63) is 28.3 Å². The zero-order chi connectivity index (χ0) is 14.5. The molecule has 0 amide bonds. The monoisotopic (exact) mass is 294 g/mol. The molecule has 2 atom stereocenters. The van der Waals surface area contributed by atoms with Crippen molar-refractivity contribution in [1.82, 2.24) is 15.5 Å². The fourth-order valence-electron chi connectivity index (χ4n) is 1.88. The molecule has 0 saturated heterocycles. The van der Waals surface area contributed by atoms with E-state index in [1.54, 1.807) is 11.3 Å². The van der Waals surface area contributed by atoms with Crippen molar-refractivity contribution >= 4 is 17.4 Å². The van der Waals surface area contributed by atoms with Crippen LogP contribution >= 0.6 is 11.3 Å². The zero-order valence-electron chi connectivity index (χ0n) is 12.5. The minimum atomic E-state index is 0.0849. The smallest absolute Gasteiger partial charge is 0.318 e. The quantitative estimate of drug-likeness (QED) is 0.848. The highest BCUT2D eigenvalue weighted by molar-refractivity contribution is 7.10. The summed E-state index contributed by atoms with van der Waals surface area (Å²) in [5.74, 6) is 0.638. The maximum Gasteiger partial charge on any atom is 0.318 e. The molecule has 6 heteroatoms. The van der Waals surface area contributed by atoms with Gasteiger partial charge < -0.3 is 14.6 Å². The van der Waals surface area contributed by atoms with Crippen molar-refractivity contribution in [1.29, 1.82) is 0 Å². The topological polar surface area (TPSA) is 54.2 Å². The van der Waals surface area contributed by atoms with Crippen LogP contribution in [0, 0.1) is 0 Å². The molecule has 0 aromatic carbocycles. The second-order valence-electron chi connectivity index (χ2n) is 4.90. The van der Waals surface area contributed by atoms with Crippen LogP contribution in [-0.4, -0.2) is 23.8 Å². The second kappa shape index (κ2) is 6.85. The molecule has 0 saturated carbocycles. The third-order valence-corrected chi connectivity index (χ3v) is 4.38. The summed E-state index contributed by atoms with van der Waals surface area (Å²) in [4.78, 5) is 3.29. The lowest BCUT2D eigenvalue weighted by molar-refractivity contribution is 0.413. The van der Waals surface area contributed by atoms with Gasteiger partial charge >= 0.3 is 6.01 Å². The highest BCUT2D eigenvalue weighted by atomic mass is 32.1. The van der Waals surface area contributed by atoms with Gasteiger partial charge in [0.1, 0.15) is 0 Å². The Morgan fingerprint density at radius 2 is 2.20 bits per heavy atom. The van der Waals surface area contributed by atoms with E-state index in [1.807, 2.05) is 18.9 Å². The summed E-state index contributed by atoms with van der Waals surface area (Å²) in [6.07, 6.45) is 1.08. The van der Waals surface area contributed by atoms with Gasteiger partial charge in [0.2, 0.25) is 5.89 Å². The summed E-state index contributed by atoms with van der Waals surface area (Å²) in [5, 5.41) is 13.7. The summed E-state index contributed by atoms with van der Waals surface area (Å²) in [6.45, 7) is 7.25. The lowest BCUT2D eigenvalue weighted by Crippen LogP contribution is -2.21. The Kier molecular flexibility index (Phi) is 5.14. The number of rotatable bonds is 7. The van der Waals surface area contributed by atoms with E-state index < -0.39 is 0 Å². The zero-order valence-corrected chi connectivity index (χ0v) is 13.3. The van der Waals surface area contributed by atoms with Gasteiger partial charge in [0, 0.05) is 11.9 Å². The summed E-state index contributed by atoms with van der Waals surface area (Å²) in [5.41, 5.74) is 0. The fraction of sp³-hybridized carbons (Fsp3) is 0.571. The van der Waals surface area contributed by atoms with Gasteiger partial charge in [-0.15, -0.1) is 16.4 Å². The predicted octanol–water partition coefficient (Wildman–Crippen LogP) is 3.39. The molecule has 2 aromatic heterocycles. The molecule has 110 valence electrons. The Bertz CT molecular complexity index is 511. The average molecular weight is 294 g/mol. The van der Waals surface area contributed by atoms with Gasteiger partial charge in [-0.3, -0.25) is 0 Å². The Hall–Kier alpha value is -1.40. The third-order valence-electron chi connectivity index (χ3n) is 3.34. The SMILES string of the molecule is CCCNC(C)c1nnc(N(C)C(C)c2cccs2)o1. The van der Waals surface area contributed by atoms with Crippen molar-refractivity contribution in [3.8, 4) is 0 Å². The average Bonchev–Trinajstić information content (AvgIpc) is 3.13. The molecule has 0 radical (unpaired) electrons. The molecule has 0 aliphatic rings. The summed E-state index contributed by atoms with van der Waals surface area (Å²) in [7, 11) is 1.98. The van der Waals surface area contributed by atoms with E-state index in [0.29, 0.717) is 11.9 Å². The molecular formula is C14H22N4OS. The first-order valence-electron chi connectivity index (χ1n) is 6.96. The molecule has 5 nitrogen and oxygen atoms in total. The first kappa shape index (κ1) is 15.0. The Morgan fingerprint density at radius 1 is 1.40 bits per heavy atom. The Labute approximate surface area is 124 Å². The first-order valence-corrected chi connectivity index (χ1v) is 7.84. The van der Waals surface area contributed by atoms with Gasteiger partial charge in [-0.25, -0.2) is 0 Å². The van der Waals surface area contributed by atoms with Crippen LogP contribution in [0.25, 0.3) is 0 Å². The van der Waals surface area contributed by atoms with Crippen LogP contribution in [0.3, 0.4) is 0 Å². The van der Waals surface area contributed by atoms with Crippen LogP contribution in [0.15, 0.2) is 21.9 Å². The van der Waals surface area contributed by atoms with Crippen LogP contribution in [-0.2, 0) is 0 Å². The number of hydrogen-bond donors (Lipinski definition) is 1. The normalized spacial score (nSPS) is 14.2. The molecule has 0 aliphatic heterocycles. The van der Waals surface area contributed by atoms with E-state index in [4.69, 9.17) is 4.42 Å². The summed E-state index contributed by atoms with van der Waals surface area (Å²) in [6, 6.07) is 5.05. The van der Waals surface area contributed by atoms with E-state index in [9.17, 15) is 0 Å². The van der Waals surface area contributed by atoms with Gasteiger partial charge in [0.15, 0.2) is 0 Å². The lowest BCUT2D eigenvalue weighted by Gasteiger charge is -2.21. The molecule has 0 spiro atoms. The summed E-state index contributed by atoms with van der Waals surface area (Å²) < 4.78 is 5.77. The molecule has 2 rings (SSSR count). The highest BCUT2D eigenvalue weighted by Crippen LogP contribution is 2.28. The molecule has 0 aliphatic carbocycles. The second-order valence-corrected chi connectivity index (χ2v) is 5.88. The molecule has 0 fully saturated rings. The maximum atomic E-state index is 5.77. The van der Waals surface area contributed by atoms with Crippen molar-refractivity contribution in [2.75, 3.05) is 18.5 Å². The maximum absolute atomic E-state index is 5.77. The third kappa shape index (κ3) is 3.37. The number of thiophene rings is 1. The molecule has 2 unspecified atom stereocenters. The molecule has 20 heavy (non-hydrogen) atoms. The van der Waals surface area contributed by atoms with E-state index in [0.717, 1.165) is 13.0 Å². The van der Waals surface area contributed by atoms with Crippen molar-refractivity contribution in [2.45, 2.75) is 39.3 Å². The Balaban J connectivity index is 2.04. The largest absolute Gasteiger partial charge is 0.406 e. The van der Waals surface area contributed by atoms with Gasteiger partial charge in [0.05, 0.1) is 12.1 Å².